The lowest BCUT2D eigenvalue weighted by Crippen LogP contribution is -2.68. The van der Waals surface area contributed by atoms with E-state index in [2.05, 4.69) is 0 Å². The first-order chi connectivity index (χ1) is 9.57. The minimum absolute atomic E-state index is 0.604. The van der Waals surface area contributed by atoms with Gasteiger partial charge in [0.15, 0.2) is 0 Å². The Hall–Kier alpha value is -0.326. The van der Waals surface area contributed by atoms with Gasteiger partial charge in [0.2, 0.25) is 0 Å². The van der Waals surface area contributed by atoms with Gasteiger partial charge in [-0.1, -0.05) is 24.3 Å². The molecule has 0 N–H and O–H groups in total. The summed E-state index contributed by atoms with van der Waals surface area (Å²) in [4.78, 5) is 0. The van der Waals surface area contributed by atoms with Crippen molar-refractivity contribution >= 4 is 17.6 Å². The summed E-state index contributed by atoms with van der Waals surface area (Å²) < 4.78 is 33.5. The van der Waals surface area contributed by atoms with Crippen molar-refractivity contribution in [3.05, 3.63) is 24.3 Å². The zero-order valence-corrected chi connectivity index (χ0v) is 15.0. The Morgan fingerprint density at radius 3 is 1.35 bits per heavy atom. The van der Waals surface area contributed by atoms with E-state index < -0.39 is 22.3 Å². The molecule has 0 aliphatic heterocycles. The molecule has 0 amide bonds. The minimum Gasteiger partial charge on any atom is -0.376 e. The van der Waals surface area contributed by atoms with Crippen LogP contribution in [0, 0.1) is 0 Å². The Kier molecular flexibility index (Phi) is 6.29. The maximum atomic E-state index is 5.69. The van der Waals surface area contributed by atoms with Gasteiger partial charge in [-0.25, -0.2) is 0 Å². The molecule has 0 unspecified atom stereocenters. The Morgan fingerprint density at radius 1 is 0.700 bits per heavy atom. The average Bonchev–Trinajstić information content (AvgIpc) is 2.53. The second-order valence-electron chi connectivity index (χ2n) is 4.30. The van der Waals surface area contributed by atoms with Crippen molar-refractivity contribution < 1.29 is 26.6 Å². The number of rotatable bonds is 8. The summed E-state index contributed by atoms with van der Waals surface area (Å²) in [5.41, 5.74) is 0. The van der Waals surface area contributed by atoms with Crippen LogP contribution < -0.4 is 0 Å². The van der Waals surface area contributed by atoms with Crippen LogP contribution in [0.2, 0.25) is 4.66 Å². The molecule has 0 fully saturated rings. The molecule has 0 radical (unpaired) electrons. The average molecular weight is 320 g/mol. The second-order valence-corrected chi connectivity index (χ2v) is 11.3. The van der Waals surface area contributed by atoms with Gasteiger partial charge in [-0.2, -0.15) is 0 Å². The summed E-state index contributed by atoms with van der Waals surface area (Å²) >= 11 is 0. The van der Waals surface area contributed by atoms with Crippen LogP contribution >= 0.6 is 0 Å². The molecule has 116 valence electrons. The third-order valence-electron chi connectivity index (χ3n) is 3.77. The number of allylic oxidation sites excluding steroid dienone is 4. The third kappa shape index (κ3) is 2.36. The van der Waals surface area contributed by atoms with Gasteiger partial charge in [-0.3, -0.25) is 0 Å². The van der Waals surface area contributed by atoms with Crippen LogP contribution in [0.5, 0.6) is 0 Å². The first kappa shape index (κ1) is 17.7. The van der Waals surface area contributed by atoms with Crippen molar-refractivity contribution in [2.24, 2.45) is 0 Å². The lowest BCUT2D eigenvalue weighted by molar-refractivity contribution is 0.0646. The summed E-state index contributed by atoms with van der Waals surface area (Å²) in [6, 6.07) is 0. The highest BCUT2D eigenvalue weighted by atomic mass is 28.5. The number of hydrogen-bond donors (Lipinski definition) is 0. The molecular formula is C12H24O6Si2. The molecule has 0 atom stereocenters. The van der Waals surface area contributed by atoms with Gasteiger partial charge in [0.05, 0.1) is 0 Å². The fraction of sp³-hybridized carbons (Fsp3) is 0.667. The van der Waals surface area contributed by atoms with E-state index in [1.54, 1.807) is 42.7 Å². The van der Waals surface area contributed by atoms with Crippen LogP contribution in [0.25, 0.3) is 0 Å². The lowest BCUT2D eigenvalue weighted by Gasteiger charge is -2.48. The molecule has 0 aromatic heterocycles. The summed E-state index contributed by atoms with van der Waals surface area (Å²) in [5.74, 6) is 0. The van der Waals surface area contributed by atoms with E-state index in [-0.39, 0.29) is 0 Å². The molecule has 20 heavy (non-hydrogen) atoms. The predicted molar refractivity (Wildman–Crippen MR) is 79.2 cm³/mol. The Morgan fingerprint density at radius 2 is 1.10 bits per heavy atom. The van der Waals surface area contributed by atoms with E-state index in [1.165, 1.54) is 0 Å². The van der Waals surface area contributed by atoms with Crippen molar-refractivity contribution in [2.45, 2.75) is 11.1 Å². The van der Waals surface area contributed by atoms with Crippen LogP contribution in [0.3, 0.4) is 0 Å². The highest BCUT2D eigenvalue weighted by Crippen LogP contribution is 2.53. The molecular weight excluding hydrogens is 296 g/mol. The number of hydrogen-bond acceptors (Lipinski definition) is 6. The van der Waals surface area contributed by atoms with Gasteiger partial charge < -0.3 is 26.6 Å². The maximum Gasteiger partial charge on any atom is 0.515 e. The van der Waals surface area contributed by atoms with Gasteiger partial charge in [-0.15, -0.1) is 0 Å². The summed E-state index contributed by atoms with van der Waals surface area (Å²) in [7, 11) is 3.23. The van der Waals surface area contributed by atoms with Crippen LogP contribution in [-0.4, -0.2) is 60.3 Å². The zero-order valence-electron chi connectivity index (χ0n) is 13.0. The van der Waals surface area contributed by atoms with Crippen molar-refractivity contribution in [3.63, 3.8) is 0 Å². The monoisotopic (exact) mass is 320 g/mol. The quantitative estimate of drug-likeness (QED) is 0.632. The highest BCUT2D eigenvalue weighted by Gasteiger charge is 2.74. The molecule has 1 aliphatic rings. The SMILES string of the molecule is CO[Si](OC)(OC)C1([Si](OC)(OC)OC)C=CC=CC1. The molecule has 0 heterocycles. The van der Waals surface area contributed by atoms with Gasteiger partial charge in [0.1, 0.15) is 4.66 Å². The Labute approximate surface area is 123 Å². The van der Waals surface area contributed by atoms with Crippen molar-refractivity contribution in [2.75, 3.05) is 42.7 Å². The van der Waals surface area contributed by atoms with Gasteiger partial charge in [-0.05, 0) is 6.42 Å². The molecule has 0 aromatic carbocycles. The molecule has 1 rings (SSSR count). The van der Waals surface area contributed by atoms with Gasteiger partial charge in [0, 0.05) is 42.7 Å². The van der Waals surface area contributed by atoms with E-state index in [0.717, 1.165) is 0 Å². The molecule has 0 saturated carbocycles. The van der Waals surface area contributed by atoms with Gasteiger partial charge in [0.25, 0.3) is 0 Å². The van der Waals surface area contributed by atoms with Crippen LogP contribution in [0.15, 0.2) is 24.3 Å². The predicted octanol–water partition coefficient (Wildman–Crippen LogP) is 1.54. The van der Waals surface area contributed by atoms with Crippen molar-refractivity contribution in [3.8, 4) is 0 Å². The summed E-state index contributed by atoms with van der Waals surface area (Å²) in [6.07, 6.45) is 8.46. The van der Waals surface area contributed by atoms with E-state index >= 15 is 0 Å². The Bertz CT molecular complexity index is 326. The maximum absolute atomic E-state index is 5.69. The highest BCUT2D eigenvalue weighted by molar-refractivity contribution is 6.86. The summed E-state index contributed by atoms with van der Waals surface area (Å²) in [6.45, 7) is 0. The largest absolute Gasteiger partial charge is 0.515 e. The van der Waals surface area contributed by atoms with Crippen LogP contribution in [0.1, 0.15) is 6.42 Å². The fourth-order valence-electron chi connectivity index (χ4n) is 2.85. The lowest BCUT2D eigenvalue weighted by atomic mass is 10.2. The van der Waals surface area contributed by atoms with E-state index in [4.69, 9.17) is 26.6 Å². The molecule has 0 bridgehead atoms. The first-order valence-electron chi connectivity index (χ1n) is 6.22. The van der Waals surface area contributed by atoms with Crippen molar-refractivity contribution in [1.82, 2.24) is 0 Å². The normalized spacial score (nSPS) is 18.5. The molecule has 0 saturated heterocycles. The van der Waals surface area contributed by atoms with Crippen LogP contribution in [0.4, 0.5) is 0 Å². The fourth-order valence-corrected chi connectivity index (χ4v) is 10.7. The van der Waals surface area contributed by atoms with E-state index in [0.29, 0.717) is 6.42 Å². The zero-order chi connectivity index (χ0) is 15.3. The molecule has 8 heteroatoms. The molecule has 1 aliphatic carbocycles. The molecule has 0 spiro atoms. The Balaban J connectivity index is 3.51. The minimum atomic E-state index is -3.12. The first-order valence-corrected chi connectivity index (χ1v) is 9.67. The van der Waals surface area contributed by atoms with Crippen molar-refractivity contribution in [1.29, 1.82) is 0 Å². The topological polar surface area (TPSA) is 55.4 Å². The van der Waals surface area contributed by atoms with Crippen LogP contribution in [-0.2, 0) is 26.6 Å². The standard InChI is InChI=1S/C12H24O6Si2/c1-13-19(14-2,15-3)12(10-8-7-9-11-12)20(16-4,17-5)18-6/h7-10H,11H2,1-6H3. The molecule has 6 nitrogen and oxygen atoms in total. The van der Waals surface area contributed by atoms with Gasteiger partial charge >= 0.3 is 17.6 Å². The third-order valence-corrected chi connectivity index (χ3v) is 11.8. The smallest absolute Gasteiger partial charge is 0.376 e. The van der Waals surface area contributed by atoms with E-state index in [1.807, 2.05) is 24.3 Å². The van der Waals surface area contributed by atoms with E-state index in [9.17, 15) is 0 Å². The second kappa shape index (κ2) is 7.09. The molecule has 0 aromatic rings. The summed E-state index contributed by atoms with van der Waals surface area (Å²) in [5, 5.41) is 0.